The van der Waals surface area contributed by atoms with Crippen LogP contribution in [-0.4, -0.2) is 28.8 Å². The fraction of sp³-hybridized carbons (Fsp3) is 0.222. The van der Waals surface area contributed by atoms with Crippen molar-refractivity contribution in [3.05, 3.63) is 36.1 Å². The lowest BCUT2D eigenvalue weighted by Crippen LogP contribution is -2.33. The summed E-state index contributed by atoms with van der Waals surface area (Å²) in [4.78, 5) is 9.65. The van der Waals surface area contributed by atoms with Crippen LogP contribution in [0.25, 0.3) is 0 Å². The molecule has 0 fully saturated rings. The maximum absolute atomic E-state index is 11.9. The van der Waals surface area contributed by atoms with Crippen LogP contribution in [0, 0.1) is 5.82 Å². The van der Waals surface area contributed by atoms with Crippen LogP contribution in [0.4, 0.5) is 4.39 Å². The fourth-order valence-corrected chi connectivity index (χ4v) is 0.493. The van der Waals surface area contributed by atoms with Crippen LogP contribution in [0.1, 0.15) is 0 Å². The molecule has 4 nitrogen and oxygen atoms in total. The van der Waals surface area contributed by atoms with Gasteiger partial charge in [0, 0.05) is 0 Å². The molecule has 78 valence electrons. The molecule has 4 N–H and O–H groups in total. The third-order valence-corrected chi connectivity index (χ3v) is 1.25. The van der Waals surface area contributed by atoms with E-state index in [9.17, 15) is 9.18 Å². The Labute approximate surface area is 80.8 Å². The lowest BCUT2D eigenvalue weighted by molar-refractivity contribution is -0.139. The van der Waals surface area contributed by atoms with Crippen molar-refractivity contribution in [1.29, 1.82) is 0 Å². The Morgan fingerprint density at radius 2 is 1.93 bits per heavy atom. The summed E-state index contributed by atoms with van der Waals surface area (Å²) < 4.78 is 11.9. The van der Waals surface area contributed by atoms with Gasteiger partial charge in [0.05, 0.1) is 6.61 Å². The van der Waals surface area contributed by atoms with Gasteiger partial charge >= 0.3 is 5.97 Å². The molecule has 0 saturated heterocycles. The largest absolute Gasteiger partial charge is 0.480 e. The normalized spacial score (nSPS) is 11.1. The predicted molar refractivity (Wildman–Crippen MR) is 49.1 cm³/mol. The van der Waals surface area contributed by atoms with Gasteiger partial charge in [0.2, 0.25) is 0 Å². The second kappa shape index (κ2) is 6.99. The van der Waals surface area contributed by atoms with Gasteiger partial charge < -0.3 is 15.9 Å². The number of carboxylic acids is 1. The van der Waals surface area contributed by atoms with Crippen molar-refractivity contribution in [2.24, 2.45) is 5.73 Å². The molecular weight excluding hydrogens is 189 g/mol. The number of nitrogens with two attached hydrogens (primary N) is 1. The molecule has 0 radical (unpaired) electrons. The van der Waals surface area contributed by atoms with E-state index in [-0.39, 0.29) is 5.82 Å². The molecule has 0 saturated carbocycles. The molecular formula is C9H12FNO3. The summed E-state index contributed by atoms with van der Waals surface area (Å²) in [6, 6.07) is 6.81. The topological polar surface area (TPSA) is 83.5 Å². The Bertz CT molecular complexity index is 266. The molecule has 0 heterocycles. The zero-order valence-corrected chi connectivity index (χ0v) is 7.43. The number of hydrogen-bond donors (Lipinski definition) is 3. The quantitative estimate of drug-likeness (QED) is 0.639. The standard InChI is InChI=1S/C6H5F.C3H7NO3/c7-6-4-2-1-3-5-6;4-2(1-5)3(6)7/h1-5H;2,5H,1,4H2,(H,6,7). The van der Waals surface area contributed by atoms with Crippen LogP contribution in [0.5, 0.6) is 0 Å². The Kier molecular flexibility index (Phi) is 6.26. The minimum absolute atomic E-state index is 0.178. The molecule has 1 rings (SSSR count). The number of carbonyl (C=O) groups is 1. The highest BCUT2D eigenvalue weighted by Gasteiger charge is 2.06. The second-order valence-electron chi connectivity index (χ2n) is 2.42. The van der Waals surface area contributed by atoms with E-state index in [1.807, 2.05) is 0 Å². The average molecular weight is 201 g/mol. The van der Waals surface area contributed by atoms with Gasteiger partial charge in [0.25, 0.3) is 0 Å². The molecule has 14 heavy (non-hydrogen) atoms. The summed E-state index contributed by atoms with van der Waals surface area (Å²) in [6.45, 7) is -0.505. The molecule has 1 aromatic rings. The van der Waals surface area contributed by atoms with Crippen molar-refractivity contribution in [2.45, 2.75) is 6.04 Å². The first-order valence-corrected chi connectivity index (χ1v) is 3.87. The van der Waals surface area contributed by atoms with E-state index in [0.717, 1.165) is 0 Å². The summed E-state index contributed by atoms with van der Waals surface area (Å²) in [6.07, 6.45) is 0. The first-order chi connectivity index (χ1) is 6.57. The molecule has 1 aromatic carbocycles. The summed E-state index contributed by atoms with van der Waals surface area (Å²) in [5.74, 6) is -1.36. The zero-order chi connectivity index (χ0) is 11.0. The van der Waals surface area contributed by atoms with Gasteiger partial charge in [0.1, 0.15) is 11.9 Å². The zero-order valence-electron chi connectivity index (χ0n) is 7.43. The summed E-state index contributed by atoms with van der Waals surface area (Å²) >= 11 is 0. The van der Waals surface area contributed by atoms with E-state index in [1.54, 1.807) is 18.2 Å². The van der Waals surface area contributed by atoms with Crippen LogP contribution in [0.2, 0.25) is 0 Å². The van der Waals surface area contributed by atoms with Gasteiger partial charge in [-0.2, -0.15) is 0 Å². The number of rotatable bonds is 2. The molecule has 0 aliphatic rings. The van der Waals surface area contributed by atoms with Gasteiger partial charge in [-0.3, -0.25) is 4.79 Å². The Morgan fingerprint density at radius 3 is 2.07 bits per heavy atom. The molecule has 0 bridgehead atoms. The van der Waals surface area contributed by atoms with Crippen molar-refractivity contribution < 1.29 is 19.4 Å². The summed E-state index contributed by atoms with van der Waals surface area (Å²) in [5.41, 5.74) is 4.77. The lowest BCUT2D eigenvalue weighted by atomic mass is 10.3. The van der Waals surface area contributed by atoms with Crippen molar-refractivity contribution in [3.63, 3.8) is 0 Å². The summed E-state index contributed by atoms with van der Waals surface area (Å²) in [7, 11) is 0. The highest BCUT2D eigenvalue weighted by Crippen LogP contribution is 1.91. The number of benzene rings is 1. The molecule has 5 heteroatoms. The van der Waals surface area contributed by atoms with Gasteiger partial charge in [0.15, 0.2) is 0 Å². The number of aliphatic hydroxyl groups is 1. The fourth-order valence-electron chi connectivity index (χ4n) is 0.493. The molecule has 1 atom stereocenters. The van der Waals surface area contributed by atoms with E-state index >= 15 is 0 Å². The number of carboxylic acid groups (broad SMARTS) is 1. The molecule has 0 aromatic heterocycles. The van der Waals surface area contributed by atoms with E-state index in [0.29, 0.717) is 0 Å². The van der Waals surface area contributed by atoms with E-state index in [2.05, 4.69) is 0 Å². The predicted octanol–water partition coefficient (Wildman–Crippen LogP) is 0.216. The van der Waals surface area contributed by atoms with Crippen molar-refractivity contribution in [2.75, 3.05) is 6.61 Å². The van der Waals surface area contributed by atoms with Crippen molar-refractivity contribution in [3.8, 4) is 0 Å². The minimum atomic E-state index is -1.18. The maximum atomic E-state index is 11.9. The average Bonchev–Trinajstić information content (AvgIpc) is 2.18. The van der Waals surface area contributed by atoms with Crippen LogP contribution in [0.3, 0.4) is 0 Å². The summed E-state index contributed by atoms with van der Waals surface area (Å²) in [5, 5.41) is 15.9. The molecule has 0 aliphatic heterocycles. The van der Waals surface area contributed by atoms with Gasteiger partial charge in [-0.25, -0.2) is 4.39 Å². The molecule has 0 amide bonds. The second-order valence-corrected chi connectivity index (χ2v) is 2.42. The highest BCUT2D eigenvalue weighted by molar-refractivity contribution is 5.73. The van der Waals surface area contributed by atoms with Crippen LogP contribution in [0.15, 0.2) is 30.3 Å². The van der Waals surface area contributed by atoms with Crippen molar-refractivity contribution in [1.82, 2.24) is 0 Å². The highest BCUT2D eigenvalue weighted by atomic mass is 19.1. The number of hydrogen-bond acceptors (Lipinski definition) is 3. The Balaban J connectivity index is 0.000000241. The van der Waals surface area contributed by atoms with Gasteiger partial charge in [-0.15, -0.1) is 0 Å². The molecule has 0 aliphatic carbocycles. The number of aliphatic hydroxyl groups excluding tert-OH is 1. The van der Waals surface area contributed by atoms with Crippen LogP contribution >= 0.6 is 0 Å². The SMILES string of the molecule is Fc1ccccc1.NC(CO)C(=O)O. The van der Waals surface area contributed by atoms with Gasteiger partial charge in [-0.05, 0) is 12.1 Å². The number of aliphatic carboxylic acids is 1. The monoisotopic (exact) mass is 201 g/mol. The smallest absolute Gasteiger partial charge is 0.322 e. The van der Waals surface area contributed by atoms with Gasteiger partial charge in [-0.1, -0.05) is 18.2 Å². The number of halogens is 1. The first kappa shape index (κ1) is 12.5. The van der Waals surface area contributed by atoms with E-state index < -0.39 is 18.6 Å². The van der Waals surface area contributed by atoms with Crippen LogP contribution in [-0.2, 0) is 4.79 Å². The molecule has 0 spiro atoms. The maximum Gasteiger partial charge on any atom is 0.322 e. The minimum Gasteiger partial charge on any atom is -0.480 e. The van der Waals surface area contributed by atoms with Crippen LogP contribution < -0.4 is 5.73 Å². The third-order valence-electron chi connectivity index (χ3n) is 1.25. The lowest BCUT2D eigenvalue weighted by Gasteiger charge is -1.96. The third kappa shape index (κ3) is 6.10. The Hall–Kier alpha value is -1.46. The van der Waals surface area contributed by atoms with Crippen molar-refractivity contribution >= 4 is 5.97 Å². The van der Waals surface area contributed by atoms with E-state index in [4.69, 9.17) is 15.9 Å². The van der Waals surface area contributed by atoms with E-state index in [1.165, 1.54) is 12.1 Å². The first-order valence-electron chi connectivity index (χ1n) is 3.87. The Morgan fingerprint density at radius 1 is 1.43 bits per heavy atom. The molecule has 1 unspecified atom stereocenters.